The van der Waals surface area contributed by atoms with Crippen LogP contribution in [0.15, 0.2) is 18.2 Å². The maximum absolute atomic E-state index is 11.5. The van der Waals surface area contributed by atoms with Gasteiger partial charge in [-0.05, 0) is 12.1 Å². The minimum atomic E-state index is -0.675. The maximum atomic E-state index is 11.5. The summed E-state index contributed by atoms with van der Waals surface area (Å²) in [6, 6.07) is 4.94. The van der Waals surface area contributed by atoms with Gasteiger partial charge in [0.2, 0.25) is 0 Å². The molecule has 0 aromatic carbocycles. The number of hydrogen-bond acceptors (Lipinski definition) is 4. The standard InChI is InChI=1S/C9H12ClN3O2/c1-15-6(5-11)9(14)13-8-4-2-3-7(10)12-8/h2-4,6H,5,11H2,1H3,(H,12,13,14). The lowest BCUT2D eigenvalue weighted by atomic mass is 10.3. The third-order valence-corrected chi connectivity index (χ3v) is 1.97. The van der Waals surface area contributed by atoms with E-state index in [1.54, 1.807) is 18.2 Å². The molecule has 5 nitrogen and oxygen atoms in total. The van der Waals surface area contributed by atoms with Crippen molar-refractivity contribution in [2.45, 2.75) is 6.10 Å². The Morgan fingerprint density at radius 2 is 2.47 bits per heavy atom. The van der Waals surface area contributed by atoms with Crippen molar-refractivity contribution < 1.29 is 9.53 Å². The summed E-state index contributed by atoms with van der Waals surface area (Å²) in [6.07, 6.45) is -0.675. The van der Waals surface area contributed by atoms with Gasteiger partial charge >= 0.3 is 0 Å². The molecule has 0 spiro atoms. The summed E-state index contributed by atoms with van der Waals surface area (Å²) < 4.78 is 4.87. The first-order valence-electron chi connectivity index (χ1n) is 4.33. The molecule has 15 heavy (non-hydrogen) atoms. The number of halogens is 1. The van der Waals surface area contributed by atoms with Crippen LogP contribution in [0.5, 0.6) is 0 Å². The lowest BCUT2D eigenvalue weighted by molar-refractivity contribution is -0.125. The highest BCUT2D eigenvalue weighted by atomic mass is 35.5. The van der Waals surface area contributed by atoms with Crippen LogP contribution in [-0.2, 0) is 9.53 Å². The van der Waals surface area contributed by atoms with Crippen molar-refractivity contribution >= 4 is 23.3 Å². The number of nitrogens with one attached hydrogen (secondary N) is 1. The Bertz CT molecular complexity index is 342. The summed E-state index contributed by atoms with van der Waals surface area (Å²) >= 11 is 5.66. The van der Waals surface area contributed by atoms with Crippen molar-refractivity contribution in [3.8, 4) is 0 Å². The zero-order valence-corrected chi connectivity index (χ0v) is 8.99. The van der Waals surface area contributed by atoms with E-state index in [9.17, 15) is 4.79 Å². The van der Waals surface area contributed by atoms with E-state index in [1.165, 1.54) is 7.11 Å². The summed E-state index contributed by atoms with van der Waals surface area (Å²) in [7, 11) is 1.42. The molecular weight excluding hydrogens is 218 g/mol. The topological polar surface area (TPSA) is 77.2 Å². The monoisotopic (exact) mass is 229 g/mol. The van der Waals surface area contributed by atoms with Gasteiger partial charge in [-0.25, -0.2) is 4.98 Å². The third kappa shape index (κ3) is 3.47. The van der Waals surface area contributed by atoms with Crippen LogP contribution in [0.2, 0.25) is 5.15 Å². The molecule has 0 aliphatic heterocycles. The molecule has 0 radical (unpaired) electrons. The lowest BCUT2D eigenvalue weighted by Gasteiger charge is -2.12. The van der Waals surface area contributed by atoms with Crippen LogP contribution in [0.4, 0.5) is 5.82 Å². The number of pyridine rings is 1. The van der Waals surface area contributed by atoms with Gasteiger partial charge in [-0.2, -0.15) is 0 Å². The average Bonchev–Trinajstić information content (AvgIpc) is 2.19. The van der Waals surface area contributed by atoms with E-state index >= 15 is 0 Å². The smallest absolute Gasteiger partial charge is 0.255 e. The average molecular weight is 230 g/mol. The highest BCUT2D eigenvalue weighted by molar-refractivity contribution is 6.29. The fourth-order valence-corrected chi connectivity index (χ4v) is 1.16. The highest BCUT2D eigenvalue weighted by Gasteiger charge is 2.15. The number of nitrogens with two attached hydrogens (primary N) is 1. The van der Waals surface area contributed by atoms with Crippen molar-refractivity contribution in [1.29, 1.82) is 0 Å². The van der Waals surface area contributed by atoms with E-state index in [0.717, 1.165) is 0 Å². The highest BCUT2D eigenvalue weighted by Crippen LogP contribution is 2.09. The molecule has 0 saturated heterocycles. The summed E-state index contributed by atoms with van der Waals surface area (Å²) in [6.45, 7) is 0.114. The van der Waals surface area contributed by atoms with E-state index in [4.69, 9.17) is 22.1 Å². The van der Waals surface area contributed by atoms with Crippen molar-refractivity contribution in [3.05, 3.63) is 23.4 Å². The van der Waals surface area contributed by atoms with Gasteiger partial charge < -0.3 is 15.8 Å². The van der Waals surface area contributed by atoms with Gasteiger partial charge in [-0.3, -0.25) is 4.79 Å². The zero-order chi connectivity index (χ0) is 11.3. The number of anilines is 1. The summed E-state index contributed by atoms with van der Waals surface area (Å²) in [5, 5.41) is 2.86. The molecule has 0 saturated carbocycles. The number of amides is 1. The number of nitrogens with zero attached hydrogens (tertiary/aromatic N) is 1. The SMILES string of the molecule is COC(CN)C(=O)Nc1cccc(Cl)n1. The second kappa shape index (κ2) is 5.65. The Balaban J connectivity index is 2.65. The van der Waals surface area contributed by atoms with Gasteiger partial charge in [0, 0.05) is 13.7 Å². The summed E-state index contributed by atoms with van der Waals surface area (Å²) in [4.78, 5) is 15.4. The predicted molar refractivity (Wildman–Crippen MR) is 57.7 cm³/mol. The molecule has 1 rings (SSSR count). The number of carbonyl (C=O) groups is 1. The first kappa shape index (κ1) is 11.9. The van der Waals surface area contributed by atoms with Crippen LogP contribution in [0, 0.1) is 0 Å². The van der Waals surface area contributed by atoms with Gasteiger partial charge in [0.1, 0.15) is 17.1 Å². The van der Waals surface area contributed by atoms with Crippen LogP contribution >= 0.6 is 11.6 Å². The molecule has 1 amide bonds. The van der Waals surface area contributed by atoms with Crippen molar-refractivity contribution in [3.63, 3.8) is 0 Å². The molecule has 0 fully saturated rings. The summed E-state index contributed by atoms with van der Waals surface area (Å²) in [5.41, 5.74) is 5.34. The molecule has 0 aliphatic rings. The Morgan fingerprint density at radius 3 is 3.00 bits per heavy atom. The van der Waals surface area contributed by atoms with Crippen LogP contribution in [0.1, 0.15) is 0 Å². The molecule has 1 aromatic heterocycles. The second-order valence-electron chi connectivity index (χ2n) is 2.79. The number of aromatic nitrogens is 1. The normalized spacial score (nSPS) is 12.2. The van der Waals surface area contributed by atoms with Crippen LogP contribution in [0.25, 0.3) is 0 Å². The molecule has 1 unspecified atom stereocenters. The summed E-state index contributed by atoms with van der Waals surface area (Å²) in [5.74, 6) is 0.0396. The molecule has 3 N–H and O–H groups in total. The van der Waals surface area contributed by atoms with Gasteiger partial charge in [0.05, 0.1) is 0 Å². The van der Waals surface area contributed by atoms with Crippen molar-refractivity contribution in [1.82, 2.24) is 4.98 Å². The number of methoxy groups -OCH3 is 1. The molecule has 6 heteroatoms. The second-order valence-corrected chi connectivity index (χ2v) is 3.18. The lowest BCUT2D eigenvalue weighted by Crippen LogP contribution is -2.36. The van der Waals surface area contributed by atoms with E-state index in [2.05, 4.69) is 10.3 Å². The van der Waals surface area contributed by atoms with Crippen LogP contribution < -0.4 is 11.1 Å². The molecule has 0 bridgehead atoms. The minimum Gasteiger partial charge on any atom is -0.370 e. The van der Waals surface area contributed by atoms with Gasteiger partial charge in [-0.1, -0.05) is 17.7 Å². The fraction of sp³-hybridized carbons (Fsp3) is 0.333. The van der Waals surface area contributed by atoms with E-state index in [-0.39, 0.29) is 12.5 Å². The van der Waals surface area contributed by atoms with Gasteiger partial charge in [-0.15, -0.1) is 0 Å². The number of carbonyl (C=O) groups excluding carboxylic acids is 1. The molecule has 82 valence electrons. The Hall–Kier alpha value is -1.17. The van der Waals surface area contributed by atoms with Crippen LogP contribution in [-0.4, -0.2) is 30.6 Å². The minimum absolute atomic E-state index is 0.114. The Kier molecular flexibility index (Phi) is 4.48. The van der Waals surface area contributed by atoms with Crippen LogP contribution in [0.3, 0.4) is 0 Å². The molecule has 1 heterocycles. The number of hydrogen-bond donors (Lipinski definition) is 2. The Labute approximate surface area is 92.6 Å². The first-order chi connectivity index (χ1) is 7.17. The molecular formula is C9H12ClN3O2. The maximum Gasteiger partial charge on any atom is 0.255 e. The largest absolute Gasteiger partial charge is 0.370 e. The quantitative estimate of drug-likeness (QED) is 0.743. The molecule has 1 aromatic rings. The van der Waals surface area contributed by atoms with Gasteiger partial charge in [0.15, 0.2) is 0 Å². The Morgan fingerprint density at radius 1 is 1.73 bits per heavy atom. The zero-order valence-electron chi connectivity index (χ0n) is 8.24. The van der Waals surface area contributed by atoms with E-state index in [0.29, 0.717) is 11.0 Å². The predicted octanol–water partition coefficient (Wildman–Crippen LogP) is 0.647. The fourth-order valence-electron chi connectivity index (χ4n) is 0.995. The van der Waals surface area contributed by atoms with E-state index < -0.39 is 6.10 Å². The number of ether oxygens (including phenoxy) is 1. The third-order valence-electron chi connectivity index (χ3n) is 1.76. The first-order valence-corrected chi connectivity index (χ1v) is 4.71. The molecule has 0 aliphatic carbocycles. The number of rotatable bonds is 4. The van der Waals surface area contributed by atoms with E-state index in [1.807, 2.05) is 0 Å². The van der Waals surface area contributed by atoms with Crippen molar-refractivity contribution in [2.24, 2.45) is 5.73 Å². The van der Waals surface area contributed by atoms with Gasteiger partial charge in [0.25, 0.3) is 5.91 Å². The van der Waals surface area contributed by atoms with Crippen molar-refractivity contribution in [2.75, 3.05) is 19.0 Å². The molecule has 1 atom stereocenters.